The number of hydrogen-bond acceptors (Lipinski definition) is 4. The van der Waals surface area contributed by atoms with Crippen molar-refractivity contribution >= 4 is 22.6 Å². The lowest BCUT2D eigenvalue weighted by Gasteiger charge is -2.10. The molecule has 1 unspecified atom stereocenters. The van der Waals surface area contributed by atoms with Gasteiger partial charge < -0.3 is 4.74 Å². The van der Waals surface area contributed by atoms with Gasteiger partial charge >= 0.3 is 6.18 Å². The van der Waals surface area contributed by atoms with Crippen molar-refractivity contribution in [3.05, 3.63) is 22.6 Å². The lowest BCUT2D eigenvalue weighted by Crippen LogP contribution is -2.14. The molecule has 2 heterocycles. The van der Waals surface area contributed by atoms with Gasteiger partial charge in [-0.05, 0) is 43.5 Å². The maximum Gasteiger partial charge on any atom is 0.392 e. The molecular formula is C14H13ClF3N3O. The van der Waals surface area contributed by atoms with Gasteiger partial charge in [0.1, 0.15) is 0 Å². The van der Waals surface area contributed by atoms with Crippen LogP contribution in [0.2, 0.25) is 5.28 Å². The van der Waals surface area contributed by atoms with E-state index in [0.717, 1.165) is 11.3 Å². The lowest BCUT2D eigenvalue weighted by atomic mass is 10.2. The maximum atomic E-state index is 12.5. The van der Waals surface area contributed by atoms with Crippen LogP contribution >= 0.6 is 11.6 Å². The van der Waals surface area contributed by atoms with Gasteiger partial charge in [-0.3, -0.25) is 0 Å². The summed E-state index contributed by atoms with van der Waals surface area (Å²) in [5.74, 6) is -1.63. The Balaban J connectivity index is 1.83. The standard InChI is InChI=1S/C14H13ClF3N3O/c1-6-3-9-11(19-7(6)2)20-13(15)21-12(9)22-5-8-4-10(8)14(16,17)18/h3,8,10H,4-5H2,1-2H3/t8-,10?/m0/s1. The van der Waals surface area contributed by atoms with Gasteiger partial charge in [0.25, 0.3) is 0 Å². The molecule has 0 bridgehead atoms. The molecule has 0 radical (unpaired) electrons. The molecule has 0 aromatic carbocycles. The number of aryl methyl sites for hydroxylation is 2. The fourth-order valence-corrected chi connectivity index (χ4v) is 2.48. The normalized spacial score (nSPS) is 21.2. The van der Waals surface area contributed by atoms with Crippen molar-refractivity contribution in [3.63, 3.8) is 0 Å². The van der Waals surface area contributed by atoms with Crippen LogP contribution in [0.3, 0.4) is 0 Å². The Morgan fingerprint density at radius 2 is 2.00 bits per heavy atom. The van der Waals surface area contributed by atoms with E-state index in [0.29, 0.717) is 11.0 Å². The highest BCUT2D eigenvalue weighted by molar-refractivity contribution is 6.28. The van der Waals surface area contributed by atoms with Crippen LogP contribution < -0.4 is 4.74 Å². The summed E-state index contributed by atoms with van der Waals surface area (Å²) in [7, 11) is 0. The monoisotopic (exact) mass is 331 g/mol. The molecule has 22 heavy (non-hydrogen) atoms. The molecule has 118 valence electrons. The van der Waals surface area contributed by atoms with E-state index in [1.807, 2.05) is 13.8 Å². The molecule has 0 saturated heterocycles. The average molecular weight is 332 g/mol. The first kappa shape index (κ1) is 15.3. The fraction of sp³-hybridized carbons (Fsp3) is 0.500. The van der Waals surface area contributed by atoms with Gasteiger partial charge in [-0.1, -0.05) is 0 Å². The van der Waals surface area contributed by atoms with Crippen LogP contribution in [0.4, 0.5) is 13.2 Å². The largest absolute Gasteiger partial charge is 0.477 e. The van der Waals surface area contributed by atoms with Crippen molar-refractivity contribution in [2.45, 2.75) is 26.4 Å². The zero-order valence-electron chi connectivity index (χ0n) is 11.9. The number of fused-ring (bicyclic) bond motifs is 1. The summed E-state index contributed by atoms with van der Waals surface area (Å²) in [5.41, 5.74) is 2.09. The van der Waals surface area contributed by atoms with E-state index < -0.39 is 18.0 Å². The molecule has 1 fully saturated rings. The molecule has 1 aliphatic carbocycles. The van der Waals surface area contributed by atoms with E-state index in [1.165, 1.54) is 0 Å². The Bertz CT molecular complexity index is 735. The first-order chi connectivity index (χ1) is 10.3. The maximum absolute atomic E-state index is 12.5. The van der Waals surface area contributed by atoms with E-state index in [9.17, 15) is 13.2 Å². The molecule has 2 atom stereocenters. The zero-order chi connectivity index (χ0) is 16.1. The summed E-state index contributed by atoms with van der Waals surface area (Å²) in [6.07, 6.45) is -4.06. The Kier molecular flexibility index (Phi) is 3.63. The third-order valence-electron chi connectivity index (χ3n) is 3.85. The van der Waals surface area contributed by atoms with E-state index in [4.69, 9.17) is 16.3 Å². The molecule has 2 aromatic heterocycles. The zero-order valence-corrected chi connectivity index (χ0v) is 12.7. The first-order valence-corrected chi connectivity index (χ1v) is 7.14. The summed E-state index contributed by atoms with van der Waals surface area (Å²) in [5, 5.41) is 0.512. The van der Waals surface area contributed by atoms with Gasteiger partial charge in [-0.25, -0.2) is 4.98 Å². The number of hydrogen-bond donors (Lipinski definition) is 0. The third kappa shape index (κ3) is 2.95. The Morgan fingerprint density at radius 1 is 1.27 bits per heavy atom. The highest BCUT2D eigenvalue weighted by atomic mass is 35.5. The summed E-state index contributed by atoms with van der Waals surface area (Å²) in [4.78, 5) is 12.3. The van der Waals surface area contributed by atoms with E-state index in [2.05, 4.69) is 15.0 Å². The van der Waals surface area contributed by atoms with E-state index in [1.54, 1.807) is 6.07 Å². The van der Waals surface area contributed by atoms with E-state index >= 15 is 0 Å². The van der Waals surface area contributed by atoms with Gasteiger partial charge in [-0.2, -0.15) is 23.1 Å². The minimum atomic E-state index is -4.16. The van der Waals surface area contributed by atoms with Crippen molar-refractivity contribution in [2.75, 3.05) is 6.61 Å². The van der Waals surface area contributed by atoms with Gasteiger partial charge in [-0.15, -0.1) is 0 Å². The van der Waals surface area contributed by atoms with Crippen LogP contribution in [0.5, 0.6) is 5.88 Å². The Labute approximate surface area is 129 Å². The second kappa shape index (κ2) is 5.22. The SMILES string of the molecule is Cc1cc2c(OC[C@@H]3CC3C(F)(F)F)nc(Cl)nc2nc1C. The molecule has 1 saturated carbocycles. The number of aromatic nitrogens is 3. The minimum Gasteiger partial charge on any atom is -0.477 e. The van der Waals surface area contributed by atoms with Crippen molar-refractivity contribution in [3.8, 4) is 5.88 Å². The Hall–Kier alpha value is -1.63. The summed E-state index contributed by atoms with van der Waals surface area (Å²) >= 11 is 5.83. The Morgan fingerprint density at radius 3 is 2.64 bits per heavy atom. The van der Waals surface area contributed by atoms with Crippen LogP contribution in [-0.4, -0.2) is 27.7 Å². The topological polar surface area (TPSA) is 47.9 Å². The predicted octanol–water partition coefficient (Wildman–Crippen LogP) is 3.87. The number of halogens is 4. The number of rotatable bonds is 3. The summed E-state index contributed by atoms with van der Waals surface area (Å²) < 4.78 is 43.0. The van der Waals surface area contributed by atoms with Gasteiger partial charge in [0.2, 0.25) is 11.2 Å². The molecular weight excluding hydrogens is 319 g/mol. The molecule has 2 aromatic rings. The molecule has 4 nitrogen and oxygen atoms in total. The van der Waals surface area contributed by atoms with Crippen LogP contribution in [-0.2, 0) is 0 Å². The van der Waals surface area contributed by atoms with Gasteiger partial charge in [0.15, 0.2) is 5.65 Å². The second-order valence-electron chi connectivity index (χ2n) is 5.51. The molecule has 1 aliphatic rings. The molecule has 8 heteroatoms. The van der Waals surface area contributed by atoms with Crippen LogP contribution in [0, 0.1) is 25.7 Å². The molecule has 0 N–H and O–H groups in total. The number of nitrogens with zero attached hydrogens (tertiary/aromatic N) is 3. The third-order valence-corrected chi connectivity index (χ3v) is 4.01. The minimum absolute atomic E-state index is 0.0404. The van der Waals surface area contributed by atoms with Crippen LogP contribution in [0.15, 0.2) is 6.07 Å². The molecule has 3 rings (SSSR count). The number of ether oxygens (including phenoxy) is 1. The van der Waals surface area contributed by atoms with Crippen molar-refractivity contribution in [2.24, 2.45) is 11.8 Å². The first-order valence-electron chi connectivity index (χ1n) is 6.76. The smallest absolute Gasteiger partial charge is 0.392 e. The lowest BCUT2D eigenvalue weighted by molar-refractivity contribution is -0.151. The van der Waals surface area contributed by atoms with Crippen LogP contribution in [0.1, 0.15) is 17.7 Å². The highest BCUT2D eigenvalue weighted by Crippen LogP contribution is 2.50. The highest BCUT2D eigenvalue weighted by Gasteiger charge is 2.55. The van der Waals surface area contributed by atoms with Gasteiger partial charge in [0, 0.05) is 11.6 Å². The van der Waals surface area contributed by atoms with Crippen molar-refractivity contribution in [1.29, 1.82) is 0 Å². The average Bonchev–Trinajstić information content (AvgIpc) is 3.17. The molecule has 0 aliphatic heterocycles. The van der Waals surface area contributed by atoms with E-state index in [-0.39, 0.29) is 24.2 Å². The van der Waals surface area contributed by atoms with Crippen molar-refractivity contribution in [1.82, 2.24) is 15.0 Å². The van der Waals surface area contributed by atoms with Crippen LogP contribution in [0.25, 0.3) is 11.0 Å². The predicted molar refractivity (Wildman–Crippen MR) is 75.0 cm³/mol. The summed E-state index contributed by atoms with van der Waals surface area (Å²) in [6.45, 7) is 3.67. The second-order valence-corrected chi connectivity index (χ2v) is 5.85. The van der Waals surface area contributed by atoms with Gasteiger partial charge in [0.05, 0.1) is 17.9 Å². The van der Waals surface area contributed by atoms with Crippen molar-refractivity contribution < 1.29 is 17.9 Å². The quantitative estimate of drug-likeness (QED) is 0.801. The molecule has 0 spiro atoms. The molecule has 0 amide bonds. The number of alkyl halides is 3. The summed E-state index contributed by atoms with van der Waals surface area (Å²) in [6, 6.07) is 1.80. The fourth-order valence-electron chi connectivity index (χ4n) is 2.32. The number of pyridine rings is 1.